The lowest BCUT2D eigenvalue weighted by Gasteiger charge is -2.23. The quantitative estimate of drug-likeness (QED) is 0.223. The zero-order valence-corrected chi connectivity index (χ0v) is 20.4. The van der Waals surface area contributed by atoms with Crippen molar-refractivity contribution in [2.24, 2.45) is 0 Å². The molecule has 3 aromatic carbocycles. The van der Waals surface area contributed by atoms with E-state index in [1.807, 2.05) is 0 Å². The summed E-state index contributed by atoms with van der Waals surface area (Å²) in [6.07, 6.45) is 0. The molecule has 0 aliphatic carbocycles. The Labute approximate surface area is 210 Å². The van der Waals surface area contributed by atoms with Crippen molar-refractivity contribution in [3.63, 3.8) is 0 Å². The number of benzene rings is 3. The third-order valence-corrected chi connectivity index (χ3v) is 7.12. The fourth-order valence-electron chi connectivity index (χ4n) is 4.32. The number of anilines is 1. The normalized spacial score (nSPS) is 17.1. The molecule has 1 N–H and O–H groups in total. The van der Waals surface area contributed by atoms with E-state index in [-0.39, 0.29) is 16.3 Å². The molecule has 1 aliphatic heterocycles. The van der Waals surface area contributed by atoms with Crippen LogP contribution in [0.1, 0.15) is 22.7 Å². The Bertz CT molecular complexity index is 1560. The maximum Gasteiger partial charge on any atom is 0.301 e. The highest BCUT2D eigenvalue weighted by atomic mass is 32.1. The van der Waals surface area contributed by atoms with Gasteiger partial charge in [0.1, 0.15) is 29.1 Å². The fourth-order valence-corrected chi connectivity index (χ4v) is 5.35. The number of methoxy groups -OCH3 is 2. The number of rotatable bonds is 5. The van der Waals surface area contributed by atoms with Crippen molar-refractivity contribution in [1.29, 1.82) is 0 Å². The van der Waals surface area contributed by atoms with Crippen LogP contribution in [0.25, 0.3) is 16.0 Å². The first-order chi connectivity index (χ1) is 17.3. The summed E-state index contributed by atoms with van der Waals surface area (Å²) in [7, 11) is 3.07. The minimum Gasteiger partial charge on any atom is -0.507 e. The number of hydrogen-bond donors (Lipinski definition) is 1. The van der Waals surface area contributed by atoms with E-state index in [0.717, 1.165) is 15.2 Å². The van der Waals surface area contributed by atoms with Crippen molar-refractivity contribution in [2.45, 2.75) is 13.0 Å². The summed E-state index contributed by atoms with van der Waals surface area (Å²) >= 11 is 1.17. The van der Waals surface area contributed by atoms with Crippen molar-refractivity contribution in [3.8, 4) is 11.5 Å². The van der Waals surface area contributed by atoms with Gasteiger partial charge in [0.15, 0.2) is 5.13 Å². The van der Waals surface area contributed by atoms with Crippen LogP contribution in [0.4, 0.5) is 9.52 Å². The minimum atomic E-state index is -1.21. The van der Waals surface area contributed by atoms with E-state index in [1.165, 1.54) is 36.6 Å². The Balaban J connectivity index is 1.73. The second kappa shape index (κ2) is 9.09. The summed E-state index contributed by atoms with van der Waals surface area (Å²) < 4.78 is 26.4. The predicted octanol–water partition coefficient (Wildman–Crippen LogP) is 5.39. The Morgan fingerprint density at radius 2 is 1.83 bits per heavy atom. The number of Topliss-reactive ketones (excluding diaryl/α,β-unsaturated/α-hetero) is 1. The summed E-state index contributed by atoms with van der Waals surface area (Å²) in [5.41, 5.74) is 1.47. The highest BCUT2D eigenvalue weighted by molar-refractivity contribution is 7.22. The number of halogens is 1. The lowest BCUT2D eigenvalue weighted by molar-refractivity contribution is -0.132. The van der Waals surface area contributed by atoms with Crippen LogP contribution in [0.2, 0.25) is 0 Å². The van der Waals surface area contributed by atoms with Crippen LogP contribution in [0.15, 0.2) is 66.2 Å². The maximum absolute atomic E-state index is 15.1. The van der Waals surface area contributed by atoms with Crippen LogP contribution in [0.3, 0.4) is 0 Å². The minimum absolute atomic E-state index is 0.0697. The number of aryl methyl sites for hydroxylation is 1. The number of hydrogen-bond acceptors (Lipinski definition) is 7. The van der Waals surface area contributed by atoms with E-state index in [2.05, 4.69) is 4.98 Å². The molecule has 0 bridgehead atoms. The molecule has 2 heterocycles. The molecule has 0 saturated carbocycles. The SMILES string of the molecule is COc1ccc2nc(N3C(=O)C(=O)C(=C(O)c4ccc(OC)c(C)c4)[C@H]3c3ccccc3F)sc2c1. The van der Waals surface area contributed by atoms with Crippen LogP contribution in [-0.4, -0.2) is 36.0 Å². The monoisotopic (exact) mass is 504 g/mol. The molecule has 1 aromatic heterocycles. The average Bonchev–Trinajstić information content (AvgIpc) is 3.41. The van der Waals surface area contributed by atoms with Gasteiger partial charge >= 0.3 is 5.91 Å². The molecule has 1 amide bonds. The highest BCUT2D eigenvalue weighted by Gasteiger charge is 2.49. The number of aromatic nitrogens is 1. The number of aliphatic hydroxyl groups is 1. The zero-order chi connectivity index (χ0) is 25.6. The van der Waals surface area contributed by atoms with Crippen LogP contribution in [-0.2, 0) is 9.59 Å². The predicted molar refractivity (Wildman–Crippen MR) is 135 cm³/mol. The lowest BCUT2D eigenvalue weighted by Crippen LogP contribution is -2.29. The zero-order valence-electron chi connectivity index (χ0n) is 19.6. The van der Waals surface area contributed by atoms with E-state index in [4.69, 9.17) is 9.47 Å². The number of ether oxygens (including phenoxy) is 2. The summed E-state index contributed by atoms with van der Waals surface area (Å²) in [6.45, 7) is 1.79. The van der Waals surface area contributed by atoms with Gasteiger partial charge in [0, 0.05) is 11.1 Å². The molecule has 0 radical (unpaired) electrons. The summed E-state index contributed by atoms with van der Waals surface area (Å²) in [4.78, 5) is 32.4. The molecule has 1 saturated heterocycles. The number of aliphatic hydroxyl groups excluding tert-OH is 1. The van der Waals surface area contributed by atoms with Gasteiger partial charge in [0.25, 0.3) is 5.78 Å². The number of fused-ring (bicyclic) bond motifs is 1. The second-order valence-corrected chi connectivity index (χ2v) is 9.21. The van der Waals surface area contributed by atoms with Crippen molar-refractivity contribution in [3.05, 3.63) is 88.7 Å². The molecule has 0 spiro atoms. The third kappa shape index (κ3) is 3.77. The van der Waals surface area contributed by atoms with Gasteiger partial charge in [0.05, 0.1) is 30.0 Å². The highest BCUT2D eigenvalue weighted by Crippen LogP contribution is 2.45. The molecule has 5 rings (SSSR count). The van der Waals surface area contributed by atoms with Gasteiger partial charge in [0.2, 0.25) is 0 Å². The van der Waals surface area contributed by atoms with Gasteiger partial charge in [-0.25, -0.2) is 9.37 Å². The summed E-state index contributed by atoms with van der Waals surface area (Å²) in [6, 6.07) is 14.8. The Morgan fingerprint density at radius 3 is 2.53 bits per heavy atom. The van der Waals surface area contributed by atoms with Gasteiger partial charge in [-0.1, -0.05) is 29.5 Å². The van der Waals surface area contributed by atoms with Gasteiger partial charge < -0.3 is 14.6 Å². The maximum atomic E-state index is 15.1. The topological polar surface area (TPSA) is 89.0 Å². The molecule has 7 nitrogen and oxygen atoms in total. The number of nitrogens with zero attached hydrogens (tertiary/aromatic N) is 2. The largest absolute Gasteiger partial charge is 0.507 e. The molecule has 9 heteroatoms. The van der Waals surface area contributed by atoms with Gasteiger partial charge in [-0.15, -0.1) is 0 Å². The van der Waals surface area contributed by atoms with E-state index in [0.29, 0.717) is 22.6 Å². The molecule has 182 valence electrons. The first-order valence-corrected chi connectivity index (χ1v) is 11.8. The van der Waals surface area contributed by atoms with E-state index in [9.17, 15) is 14.7 Å². The van der Waals surface area contributed by atoms with Crippen molar-refractivity contribution in [1.82, 2.24) is 4.98 Å². The van der Waals surface area contributed by atoms with E-state index < -0.39 is 29.3 Å². The number of carbonyl (C=O) groups excluding carboxylic acids is 2. The summed E-state index contributed by atoms with van der Waals surface area (Å²) in [5.74, 6) is -1.64. The number of carbonyl (C=O) groups is 2. The molecule has 0 unspecified atom stereocenters. The van der Waals surface area contributed by atoms with Gasteiger partial charge in [-0.3, -0.25) is 14.5 Å². The molecule has 1 atom stereocenters. The molecule has 36 heavy (non-hydrogen) atoms. The first kappa shape index (κ1) is 23.5. The van der Waals surface area contributed by atoms with Crippen molar-refractivity contribution in [2.75, 3.05) is 19.1 Å². The fraction of sp³-hybridized carbons (Fsp3) is 0.148. The van der Waals surface area contributed by atoms with Gasteiger partial charge in [-0.2, -0.15) is 0 Å². The van der Waals surface area contributed by atoms with E-state index >= 15 is 4.39 Å². The molecule has 1 fully saturated rings. The van der Waals surface area contributed by atoms with Gasteiger partial charge in [-0.05, 0) is 55.0 Å². The van der Waals surface area contributed by atoms with Crippen LogP contribution in [0.5, 0.6) is 11.5 Å². The number of amides is 1. The van der Waals surface area contributed by atoms with Crippen LogP contribution >= 0.6 is 11.3 Å². The Kier molecular flexibility index (Phi) is 5.93. The Morgan fingerprint density at radius 1 is 1.06 bits per heavy atom. The standard InChI is InChI=1S/C27H21FN2O5S/c1-14-12-15(8-11-20(14)35-3)24(31)22-23(17-6-4-5-7-18(17)28)30(26(33)25(22)32)27-29-19-10-9-16(34-2)13-21(19)36-27/h4-13,23,31H,1-3H3/t23-/m1/s1. The van der Waals surface area contributed by atoms with Crippen molar-refractivity contribution >= 4 is 44.1 Å². The molecular formula is C27H21FN2O5S. The summed E-state index contributed by atoms with van der Waals surface area (Å²) in [5, 5.41) is 11.5. The van der Waals surface area contributed by atoms with E-state index in [1.54, 1.807) is 56.5 Å². The smallest absolute Gasteiger partial charge is 0.301 e. The number of ketones is 1. The second-order valence-electron chi connectivity index (χ2n) is 8.21. The average molecular weight is 505 g/mol. The van der Waals surface area contributed by atoms with Crippen molar-refractivity contribution < 1.29 is 28.6 Å². The molecular weight excluding hydrogens is 483 g/mol. The van der Waals surface area contributed by atoms with Crippen LogP contribution < -0.4 is 14.4 Å². The van der Waals surface area contributed by atoms with Crippen LogP contribution in [0, 0.1) is 12.7 Å². The third-order valence-electron chi connectivity index (χ3n) is 6.10. The molecule has 1 aliphatic rings. The Hall–Kier alpha value is -4.24. The first-order valence-electron chi connectivity index (χ1n) is 11.0. The molecule has 4 aromatic rings. The number of thiazole rings is 1. The lowest BCUT2D eigenvalue weighted by atomic mass is 9.94.